The Morgan fingerprint density at radius 1 is 1.29 bits per heavy atom. The van der Waals surface area contributed by atoms with Gasteiger partial charge in [0.25, 0.3) is 0 Å². The van der Waals surface area contributed by atoms with Crippen LogP contribution < -0.4 is 4.90 Å². The Bertz CT molecular complexity index is 397. The Morgan fingerprint density at radius 3 is 2.53 bits per heavy atom. The molecule has 0 spiro atoms. The first-order valence-electron chi connectivity index (χ1n) is 6.20. The molecule has 1 aromatic rings. The number of hydrogen-bond donors (Lipinski definition) is 1. The van der Waals surface area contributed by atoms with Crippen LogP contribution >= 0.6 is 0 Å². The summed E-state index contributed by atoms with van der Waals surface area (Å²) < 4.78 is 13.4. The fourth-order valence-electron chi connectivity index (χ4n) is 2.38. The second-order valence-corrected chi connectivity index (χ2v) is 5.40. The van der Waals surface area contributed by atoms with Gasteiger partial charge in [-0.25, -0.2) is 4.39 Å². The fourth-order valence-corrected chi connectivity index (χ4v) is 2.38. The molecule has 2 nitrogen and oxygen atoms in total. The van der Waals surface area contributed by atoms with Gasteiger partial charge in [0.1, 0.15) is 5.82 Å². The molecule has 0 aliphatic carbocycles. The van der Waals surface area contributed by atoms with Crippen LogP contribution in [0.3, 0.4) is 0 Å². The molecule has 0 radical (unpaired) electrons. The average molecular weight is 237 g/mol. The summed E-state index contributed by atoms with van der Waals surface area (Å²) in [5.74, 6) is -0.204. The van der Waals surface area contributed by atoms with Crippen molar-refractivity contribution in [3.63, 3.8) is 0 Å². The van der Waals surface area contributed by atoms with Crippen molar-refractivity contribution >= 4 is 5.69 Å². The minimum atomic E-state index is -0.328. The van der Waals surface area contributed by atoms with E-state index in [4.69, 9.17) is 0 Å². The summed E-state index contributed by atoms with van der Waals surface area (Å²) in [6, 6.07) is 4.88. The van der Waals surface area contributed by atoms with Crippen LogP contribution in [-0.4, -0.2) is 24.8 Å². The molecule has 1 heterocycles. The summed E-state index contributed by atoms with van der Waals surface area (Å²) in [7, 11) is 0. The van der Waals surface area contributed by atoms with Crippen LogP contribution in [0, 0.1) is 5.82 Å². The first kappa shape index (κ1) is 12.4. The SMILES string of the molecule is CC(C)(CO)c1ccc(F)cc1N1CCCC1. The lowest BCUT2D eigenvalue weighted by Gasteiger charge is -2.30. The van der Waals surface area contributed by atoms with Crippen molar-refractivity contribution in [1.29, 1.82) is 0 Å². The molecule has 1 saturated heterocycles. The molecular weight excluding hydrogens is 217 g/mol. The van der Waals surface area contributed by atoms with Crippen molar-refractivity contribution in [2.75, 3.05) is 24.6 Å². The Kier molecular flexibility index (Phi) is 3.38. The highest BCUT2D eigenvalue weighted by Crippen LogP contribution is 2.34. The molecule has 17 heavy (non-hydrogen) atoms. The van der Waals surface area contributed by atoms with Crippen LogP contribution in [0.2, 0.25) is 0 Å². The van der Waals surface area contributed by atoms with E-state index in [0.717, 1.165) is 37.2 Å². The van der Waals surface area contributed by atoms with Crippen LogP contribution in [0.5, 0.6) is 0 Å². The van der Waals surface area contributed by atoms with E-state index in [-0.39, 0.29) is 17.8 Å². The highest BCUT2D eigenvalue weighted by molar-refractivity contribution is 5.57. The summed E-state index contributed by atoms with van der Waals surface area (Å²) in [6.45, 7) is 6.01. The van der Waals surface area contributed by atoms with Crippen molar-refractivity contribution in [3.8, 4) is 0 Å². The van der Waals surface area contributed by atoms with Gasteiger partial charge in [0.2, 0.25) is 0 Å². The lowest BCUT2D eigenvalue weighted by atomic mass is 9.84. The number of anilines is 1. The summed E-state index contributed by atoms with van der Waals surface area (Å²) in [5.41, 5.74) is 1.65. The summed E-state index contributed by atoms with van der Waals surface area (Å²) in [6.07, 6.45) is 2.32. The summed E-state index contributed by atoms with van der Waals surface area (Å²) in [5, 5.41) is 9.47. The molecular formula is C14H20FNO. The first-order valence-corrected chi connectivity index (χ1v) is 6.20. The van der Waals surface area contributed by atoms with Crippen LogP contribution in [0.4, 0.5) is 10.1 Å². The van der Waals surface area contributed by atoms with E-state index >= 15 is 0 Å². The van der Waals surface area contributed by atoms with E-state index in [1.807, 2.05) is 13.8 Å². The van der Waals surface area contributed by atoms with Crippen molar-refractivity contribution in [1.82, 2.24) is 0 Å². The van der Waals surface area contributed by atoms with E-state index in [2.05, 4.69) is 4.90 Å². The maximum absolute atomic E-state index is 13.4. The zero-order valence-electron chi connectivity index (χ0n) is 10.5. The third kappa shape index (κ3) is 2.44. The minimum absolute atomic E-state index is 0.0689. The van der Waals surface area contributed by atoms with Gasteiger partial charge in [0, 0.05) is 24.2 Å². The van der Waals surface area contributed by atoms with Gasteiger partial charge in [-0.1, -0.05) is 19.9 Å². The molecule has 0 unspecified atom stereocenters. The largest absolute Gasteiger partial charge is 0.395 e. The van der Waals surface area contributed by atoms with E-state index in [0.29, 0.717) is 0 Å². The normalized spacial score (nSPS) is 16.6. The van der Waals surface area contributed by atoms with Gasteiger partial charge in [-0.15, -0.1) is 0 Å². The van der Waals surface area contributed by atoms with Gasteiger partial charge in [0.15, 0.2) is 0 Å². The lowest BCUT2D eigenvalue weighted by Crippen LogP contribution is -2.28. The van der Waals surface area contributed by atoms with Crippen molar-refractivity contribution in [3.05, 3.63) is 29.6 Å². The standard InChI is InChI=1S/C14H20FNO/c1-14(2,10-17)12-6-5-11(15)9-13(12)16-7-3-4-8-16/h5-6,9,17H,3-4,7-8,10H2,1-2H3. The van der Waals surface area contributed by atoms with Crippen LogP contribution in [0.15, 0.2) is 18.2 Å². The molecule has 2 rings (SSSR count). The number of aliphatic hydroxyl groups is 1. The highest BCUT2D eigenvalue weighted by Gasteiger charge is 2.26. The number of rotatable bonds is 3. The number of aliphatic hydroxyl groups excluding tert-OH is 1. The van der Waals surface area contributed by atoms with Crippen molar-refractivity contribution in [2.45, 2.75) is 32.1 Å². The van der Waals surface area contributed by atoms with Gasteiger partial charge in [-0.2, -0.15) is 0 Å². The van der Waals surface area contributed by atoms with E-state index in [9.17, 15) is 9.50 Å². The van der Waals surface area contributed by atoms with Gasteiger partial charge in [-0.05, 0) is 30.5 Å². The Hall–Kier alpha value is -1.09. The quantitative estimate of drug-likeness (QED) is 0.873. The predicted molar refractivity (Wildman–Crippen MR) is 68.0 cm³/mol. The van der Waals surface area contributed by atoms with E-state index in [1.165, 1.54) is 6.07 Å². The van der Waals surface area contributed by atoms with Crippen molar-refractivity contribution < 1.29 is 9.50 Å². The topological polar surface area (TPSA) is 23.5 Å². The maximum Gasteiger partial charge on any atom is 0.125 e. The number of nitrogens with zero attached hydrogens (tertiary/aromatic N) is 1. The molecule has 0 saturated carbocycles. The lowest BCUT2D eigenvalue weighted by molar-refractivity contribution is 0.218. The molecule has 1 fully saturated rings. The van der Waals surface area contributed by atoms with Gasteiger partial charge in [0.05, 0.1) is 6.61 Å². The van der Waals surface area contributed by atoms with Crippen molar-refractivity contribution in [2.24, 2.45) is 0 Å². The molecule has 0 amide bonds. The molecule has 1 N–H and O–H groups in total. The number of benzene rings is 1. The zero-order valence-corrected chi connectivity index (χ0v) is 10.5. The summed E-state index contributed by atoms with van der Waals surface area (Å²) >= 11 is 0. The Labute approximate surface area is 102 Å². The van der Waals surface area contributed by atoms with Crippen LogP contribution in [0.25, 0.3) is 0 Å². The van der Waals surface area contributed by atoms with E-state index in [1.54, 1.807) is 12.1 Å². The molecule has 0 atom stereocenters. The highest BCUT2D eigenvalue weighted by atomic mass is 19.1. The van der Waals surface area contributed by atoms with E-state index < -0.39 is 0 Å². The fraction of sp³-hybridized carbons (Fsp3) is 0.571. The molecule has 1 aromatic carbocycles. The van der Waals surface area contributed by atoms with Crippen LogP contribution in [-0.2, 0) is 5.41 Å². The van der Waals surface area contributed by atoms with Gasteiger partial charge in [-0.3, -0.25) is 0 Å². The predicted octanol–water partition coefficient (Wildman–Crippen LogP) is 2.70. The number of hydrogen-bond acceptors (Lipinski definition) is 2. The Morgan fingerprint density at radius 2 is 1.94 bits per heavy atom. The smallest absolute Gasteiger partial charge is 0.125 e. The minimum Gasteiger partial charge on any atom is -0.395 e. The molecule has 1 aliphatic rings. The molecule has 94 valence electrons. The third-order valence-electron chi connectivity index (χ3n) is 3.53. The third-order valence-corrected chi connectivity index (χ3v) is 3.53. The molecule has 0 aromatic heterocycles. The first-order chi connectivity index (χ1) is 8.04. The zero-order chi connectivity index (χ0) is 12.5. The Balaban J connectivity index is 2.43. The second kappa shape index (κ2) is 4.65. The average Bonchev–Trinajstić information content (AvgIpc) is 2.82. The molecule has 1 aliphatic heterocycles. The van der Waals surface area contributed by atoms with Crippen LogP contribution in [0.1, 0.15) is 32.3 Å². The summed E-state index contributed by atoms with van der Waals surface area (Å²) in [4.78, 5) is 2.22. The maximum atomic E-state index is 13.4. The molecule has 0 bridgehead atoms. The number of halogens is 1. The second-order valence-electron chi connectivity index (χ2n) is 5.40. The van der Waals surface area contributed by atoms with Gasteiger partial charge < -0.3 is 10.0 Å². The van der Waals surface area contributed by atoms with Gasteiger partial charge >= 0.3 is 0 Å². The monoisotopic (exact) mass is 237 g/mol. The molecule has 3 heteroatoms.